The largest absolute Gasteiger partial charge is 0.308 e. The summed E-state index contributed by atoms with van der Waals surface area (Å²) in [5.41, 5.74) is 11.3. The van der Waals surface area contributed by atoms with Crippen LogP contribution in [0.5, 0.6) is 0 Å². The zero-order valence-electron chi connectivity index (χ0n) is 31.2. The predicted octanol–water partition coefficient (Wildman–Crippen LogP) is 12.7. The predicted molar refractivity (Wildman–Crippen MR) is 237 cm³/mol. The van der Waals surface area contributed by atoms with E-state index in [0.29, 0.717) is 17.5 Å². The Morgan fingerprint density at radius 3 is 1.57 bits per heavy atom. The van der Waals surface area contributed by atoms with Crippen LogP contribution in [0.25, 0.3) is 111 Å². The van der Waals surface area contributed by atoms with Crippen LogP contribution >= 0.6 is 0 Å². The molecule has 4 heterocycles. The van der Waals surface area contributed by atoms with Crippen molar-refractivity contribution in [2.45, 2.75) is 0 Å². The van der Waals surface area contributed by atoms with Crippen LogP contribution in [0.15, 0.2) is 194 Å². The van der Waals surface area contributed by atoms with Crippen LogP contribution in [-0.4, -0.2) is 28.9 Å². The molecule has 12 aromatic rings. The maximum absolute atomic E-state index is 5.44. The molecule has 12 rings (SSSR count). The molecule has 0 atom stereocenters. The molecule has 58 heavy (non-hydrogen) atoms. The number of rotatable bonds is 5. The number of hydrogen-bond donors (Lipinski definition) is 0. The maximum Gasteiger partial charge on any atom is 0.164 e. The zero-order chi connectivity index (χ0) is 38.2. The van der Waals surface area contributed by atoms with Gasteiger partial charge in [0.25, 0.3) is 0 Å². The lowest BCUT2D eigenvalue weighted by Gasteiger charge is -2.17. The van der Waals surface area contributed by atoms with E-state index >= 15 is 0 Å². The summed E-state index contributed by atoms with van der Waals surface area (Å²) in [5, 5.41) is 6.77. The van der Waals surface area contributed by atoms with E-state index in [0.717, 1.165) is 77.5 Å². The van der Waals surface area contributed by atoms with Gasteiger partial charge in [-0.1, -0.05) is 158 Å². The number of para-hydroxylation sites is 3. The van der Waals surface area contributed by atoms with E-state index in [4.69, 9.17) is 19.9 Å². The fourth-order valence-electron chi connectivity index (χ4n) is 8.84. The van der Waals surface area contributed by atoms with Crippen molar-refractivity contribution in [3.8, 4) is 51.1 Å². The fraction of sp³-hybridized carbons (Fsp3) is 0. The summed E-state index contributed by atoms with van der Waals surface area (Å²) in [6.07, 6.45) is 0. The Kier molecular flexibility index (Phi) is 7.13. The van der Waals surface area contributed by atoms with Crippen molar-refractivity contribution in [2.24, 2.45) is 0 Å². The first-order valence-electron chi connectivity index (χ1n) is 19.5. The maximum atomic E-state index is 5.44. The van der Waals surface area contributed by atoms with Crippen LogP contribution < -0.4 is 0 Å². The molecule has 270 valence electrons. The summed E-state index contributed by atoms with van der Waals surface area (Å²) >= 11 is 0. The highest BCUT2D eigenvalue weighted by molar-refractivity contribution is 6.27. The molecule has 0 bridgehead atoms. The molecule has 8 aromatic carbocycles. The molecular formula is C52H32N6. The summed E-state index contributed by atoms with van der Waals surface area (Å²) in [4.78, 5) is 20.7. The minimum absolute atomic E-state index is 0.624. The lowest BCUT2D eigenvalue weighted by molar-refractivity contribution is 1.08. The van der Waals surface area contributed by atoms with Crippen molar-refractivity contribution in [3.63, 3.8) is 0 Å². The Labute approximate surface area is 333 Å². The van der Waals surface area contributed by atoms with Crippen molar-refractivity contribution < 1.29 is 0 Å². The second-order valence-electron chi connectivity index (χ2n) is 14.6. The zero-order valence-corrected chi connectivity index (χ0v) is 31.2. The first-order valence-corrected chi connectivity index (χ1v) is 19.5. The molecule has 6 heteroatoms. The van der Waals surface area contributed by atoms with Crippen molar-refractivity contribution >= 4 is 60.0 Å². The summed E-state index contributed by atoms with van der Waals surface area (Å²) in [6, 6.07) is 67.9. The summed E-state index contributed by atoms with van der Waals surface area (Å²) in [5.74, 6) is 1.89. The van der Waals surface area contributed by atoms with Gasteiger partial charge in [-0.2, -0.15) is 0 Å². The minimum atomic E-state index is 0.624. The molecule has 4 aromatic heterocycles. The Morgan fingerprint density at radius 2 is 0.862 bits per heavy atom. The van der Waals surface area contributed by atoms with Gasteiger partial charge in [-0.25, -0.2) is 19.9 Å². The lowest BCUT2D eigenvalue weighted by Crippen LogP contribution is -2.02. The van der Waals surface area contributed by atoms with Gasteiger partial charge in [0.15, 0.2) is 17.5 Å². The third-order valence-electron chi connectivity index (χ3n) is 11.3. The van der Waals surface area contributed by atoms with Crippen LogP contribution in [-0.2, 0) is 0 Å². The van der Waals surface area contributed by atoms with E-state index in [1.165, 1.54) is 16.2 Å². The normalized spacial score (nSPS) is 11.8. The van der Waals surface area contributed by atoms with E-state index in [-0.39, 0.29) is 0 Å². The Hall–Kier alpha value is -7.96. The number of imidazole rings is 1. The third kappa shape index (κ3) is 4.85. The van der Waals surface area contributed by atoms with Gasteiger partial charge in [0.05, 0.1) is 38.8 Å². The molecular weight excluding hydrogens is 709 g/mol. The third-order valence-corrected chi connectivity index (χ3v) is 11.3. The van der Waals surface area contributed by atoms with Gasteiger partial charge in [-0.15, -0.1) is 0 Å². The molecule has 0 saturated heterocycles. The van der Waals surface area contributed by atoms with Crippen LogP contribution in [0.2, 0.25) is 0 Å². The highest BCUT2D eigenvalue weighted by atomic mass is 15.1. The monoisotopic (exact) mass is 740 g/mol. The number of fused-ring (bicyclic) bond motifs is 8. The molecule has 0 spiro atoms. The SMILES string of the molecule is c1ccc(-c2nc(-c3ccccc3)nc(-c3ccc(-n4c(-c5ccccc5)c5c6c(cccc64)c4ccccc4n4c6ccccc6nc54)c4ccccc34)n2)cc1. The highest BCUT2D eigenvalue weighted by Gasteiger charge is 2.25. The second kappa shape index (κ2) is 12.8. The molecule has 0 N–H and O–H groups in total. The molecule has 0 radical (unpaired) electrons. The van der Waals surface area contributed by atoms with Crippen LogP contribution in [0, 0.1) is 0 Å². The number of benzene rings is 8. The van der Waals surface area contributed by atoms with Crippen molar-refractivity contribution in [1.29, 1.82) is 0 Å². The molecule has 0 aliphatic carbocycles. The van der Waals surface area contributed by atoms with Crippen molar-refractivity contribution in [1.82, 2.24) is 28.9 Å². The Bertz CT molecular complexity index is 3500. The smallest absolute Gasteiger partial charge is 0.164 e. The van der Waals surface area contributed by atoms with Crippen molar-refractivity contribution in [3.05, 3.63) is 194 Å². The van der Waals surface area contributed by atoms with Gasteiger partial charge in [0.2, 0.25) is 0 Å². The van der Waals surface area contributed by atoms with Gasteiger partial charge < -0.3 is 4.57 Å². The average Bonchev–Trinajstić information content (AvgIpc) is 3.82. The molecule has 0 amide bonds. The lowest BCUT2D eigenvalue weighted by atomic mass is 10.0. The molecule has 0 saturated carbocycles. The van der Waals surface area contributed by atoms with Gasteiger partial charge in [0.1, 0.15) is 5.65 Å². The fourth-order valence-corrected chi connectivity index (χ4v) is 8.84. The number of nitrogens with zero attached hydrogens (tertiary/aromatic N) is 6. The molecule has 0 fully saturated rings. The van der Waals surface area contributed by atoms with Crippen LogP contribution in [0.4, 0.5) is 0 Å². The van der Waals surface area contributed by atoms with Gasteiger partial charge in [-0.05, 0) is 52.7 Å². The topological polar surface area (TPSA) is 60.9 Å². The quantitative estimate of drug-likeness (QED) is 0.176. The summed E-state index contributed by atoms with van der Waals surface area (Å²) in [7, 11) is 0. The summed E-state index contributed by atoms with van der Waals surface area (Å²) < 4.78 is 4.80. The number of aromatic nitrogens is 6. The van der Waals surface area contributed by atoms with Crippen LogP contribution in [0.1, 0.15) is 0 Å². The Morgan fingerprint density at radius 1 is 0.328 bits per heavy atom. The van der Waals surface area contributed by atoms with E-state index in [2.05, 4.69) is 142 Å². The van der Waals surface area contributed by atoms with Crippen LogP contribution in [0.3, 0.4) is 0 Å². The van der Waals surface area contributed by atoms with Gasteiger partial charge >= 0.3 is 0 Å². The first kappa shape index (κ1) is 32.3. The molecule has 0 aliphatic heterocycles. The number of hydrogen-bond acceptors (Lipinski definition) is 4. The minimum Gasteiger partial charge on any atom is -0.308 e. The first-order chi connectivity index (χ1) is 28.8. The van der Waals surface area contributed by atoms with E-state index in [1.807, 2.05) is 60.7 Å². The average molecular weight is 741 g/mol. The second-order valence-corrected chi connectivity index (χ2v) is 14.6. The van der Waals surface area contributed by atoms with E-state index < -0.39 is 0 Å². The Balaban J connectivity index is 1.21. The highest BCUT2D eigenvalue weighted by Crippen LogP contribution is 2.46. The summed E-state index contributed by atoms with van der Waals surface area (Å²) in [6.45, 7) is 0. The van der Waals surface area contributed by atoms with Gasteiger partial charge in [-0.3, -0.25) is 4.40 Å². The van der Waals surface area contributed by atoms with E-state index in [1.54, 1.807) is 0 Å². The molecule has 6 nitrogen and oxygen atoms in total. The van der Waals surface area contributed by atoms with E-state index in [9.17, 15) is 0 Å². The van der Waals surface area contributed by atoms with Crippen molar-refractivity contribution in [2.75, 3.05) is 0 Å². The molecule has 0 unspecified atom stereocenters. The molecule has 0 aliphatic rings. The van der Waals surface area contributed by atoms with Gasteiger partial charge in [0, 0.05) is 32.8 Å². The standard InChI is InChI=1S/C52H32N6/c1-4-17-33(18-5-1)48-47-46-39(38-25-12-14-28-42(38)58-44-29-15-13-27-41(44)53-52(47)58)26-16-30-45(46)57(48)43-32-31-40(36-23-10-11-24-37(36)43)51-55-49(34-19-6-2-7-20-34)54-50(56-51)35-21-8-3-9-22-35/h1-32H.